The maximum atomic E-state index is 12.5. The summed E-state index contributed by atoms with van der Waals surface area (Å²) in [6.07, 6.45) is -0.259. The molecule has 0 saturated heterocycles. The number of aryl methyl sites for hydroxylation is 2. The summed E-state index contributed by atoms with van der Waals surface area (Å²) in [5.74, 6) is 2.23. The van der Waals surface area contributed by atoms with Crippen molar-refractivity contribution in [3.63, 3.8) is 0 Å². The molecule has 0 spiro atoms. The molecule has 1 heterocycles. The standard InChI is InChI=1S/C25H32N4O2S/c1-7-29-24(19(6)31-21-11-9-20(10-12-21)16(2)3)27-28-25(29)32-15-23(30)26-22-13-8-17(4)14-18(22)5/h8-14,16,19H,7,15H2,1-6H3,(H,26,30). The van der Waals surface area contributed by atoms with Crippen LogP contribution >= 0.6 is 11.8 Å². The number of hydrogen-bond acceptors (Lipinski definition) is 5. The number of thioether (sulfide) groups is 1. The number of anilines is 1. The Morgan fingerprint density at radius 2 is 1.81 bits per heavy atom. The second-order valence-electron chi connectivity index (χ2n) is 8.22. The smallest absolute Gasteiger partial charge is 0.234 e. The molecule has 3 rings (SSSR count). The molecule has 0 radical (unpaired) electrons. The quantitative estimate of drug-likeness (QED) is 0.409. The van der Waals surface area contributed by atoms with E-state index in [1.54, 1.807) is 0 Å². The Labute approximate surface area is 194 Å². The minimum absolute atomic E-state index is 0.0660. The lowest BCUT2D eigenvalue weighted by atomic mass is 10.0. The lowest BCUT2D eigenvalue weighted by molar-refractivity contribution is -0.113. The van der Waals surface area contributed by atoms with Gasteiger partial charge in [0.2, 0.25) is 5.91 Å². The number of ether oxygens (including phenoxy) is 1. The third-order valence-corrected chi connectivity index (χ3v) is 6.24. The fraction of sp³-hybridized carbons (Fsp3) is 0.400. The van der Waals surface area contributed by atoms with Crippen LogP contribution in [0.3, 0.4) is 0 Å². The summed E-state index contributed by atoms with van der Waals surface area (Å²) >= 11 is 1.38. The Morgan fingerprint density at radius 1 is 1.09 bits per heavy atom. The fourth-order valence-corrected chi connectivity index (χ4v) is 4.27. The van der Waals surface area contributed by atoms with Crippen LogP contribution in [0.2, 0.25) is 0 Å². The first-order chi connectivity index (χ1) is 15.3. The van der Waals surface area contributed by atoms with Crippen molar-refractivity contribution in [3.8, 4) is 5.75 Å². The molecule has 0 bridgehead atoms. The van der Waals surface area contributed by atoms with Gasteiger partial charge in [-0.15, -0.1) is 10.2 Å². The zero-order valence-electron chi connectivity index (χ0n) is 19.7. The summed E-state index contributed by atoms with van der Waals surface area (Å²) in [7, 11) is 0. The SMILES string of the molecule is CCn1c(SCC(=O)Nc2ccc(C)cc2C)nnc1C(C)Oc1ccc(C(C)C)cc1. The van der Waals surface area contributed by atoms with Gasteiger partial charge in [-0.1, -0.05) is 55.4 Å². The van der Waals surface area contributed by atoms with Gasteiger partial charge in [-0.3, -0.25) is 4.79 Å². The van der Waals surface area contributed by atoms with E-state index in [9.17, 15) is 4.79 Å². The second kappa shape index (κ2) is 10.7. The van der Waals surface area contributed by atoms with Crippen molar-refractivity contribution in [2.45, 2.75) is 65.3 Å². The van der Waals surface area contributed by atoms with Crippen LogP contribution in [0.25, 0.3) is 0 Å². The van der Waals surface area contributed by atoms with Crippen LogP contribution in [-0.2, 0) is 11.3 Å². The van der Waals surface area contributed by atoms with Gasteiger partial charge in [0, 0.05) is 12.2 Å². The van der Waals surface area contributed by atoms with Crippen molar-refractivity contribution < 1.29 is 9.53 Å². The first kappa shape index (κ1) is 23.9. The zero-order chi connectivity index (χ0) is 23.3. The first-order valence-electron chi connectivity index (χ1n) is 11.0. The molecule has 0 aliphatic heterocycles. The van der Waals surface area contributed by atoms with E-state index < -0.39 is 0 Å². The molecule has 0 aliphatic carbocycles. The molecule has 170 valence electrons. The van der Waals surface area contributed by atoms with E-state index in [0.717, 1.165) is 22.8 Å². The van der Waals surface area contributed by atoms with Gasteiger partial charge in [-0.25, -0.2) is 0 Å². The van der Waals surface area contributed by atoms with Gasteiger partial charge in [0.1, 0.15) is 5.75 Å². The number of hydrogen-bond donors (Lipinski definition) is 1. The van der Waals surface area contributed by atoms with Gasteiger partial charge in [0.25, 0.3) is 0 Å². The normalized spacial score (nSPS) is 12.1. The minimum atomic E-state index is -0.259. The molecule has 1 aromatic heterocycles. The molecule has 7 heteroatoms. The Hall–Kier alpha value is -2.80. The molecule has 0 fully saturated rings. The largest absolute Gasteiger partial charge is 0.483 e. The number of amides is 1. The molecule has 1 atom stereocenters. The van der Waals surface area contributed by atoms with E-state index in [-0.39, 0.29) is 17.8 Å². The lowest BCUT2D eigenvalue weighted by Crippen LogP contribution is -2.16. The Bertz CT molecular complexity index is 1060. The van der Waals surface area contributed by atoms with E-state index >= 15 is 0 Å². The van der Waals surface area contributed by atoms with Crippen LogP contribution in [-0.4, -0.2) is 26.4 Å². The van der Waals surface area contributed by atoms with E-state index in [1.165, 1.54) is 22.9 Å². The Balaban J connectivity index is 1.62. The maximum absolute atomic E-state index is 12.5. The Kier molecular flexibility index (Phi) is 7.96. The van der Waals surface area contributed by atoms with Crippen LogP contribution in [0.5, 0.6) is 5.75 Å². The molecular weight excluding hydrogens is 420 g/mol. The molecule has 2 aromatic carbocycles. The predicted octanol–water partition coefficient (Wildman–Crippen LogP) is 5.91. The highest BCUT2D eigenvalue weighted by Gasteiger charge is 2.19. The van der Waals surface area contributed by atoms with Crippen molar-refractivity contribution in [3.05, 3.63) is 65.0 Å². The topological polar surface area (TPSA) is 69.0 Å². The average molecular weight is 453 g/mol. The van der Waals surface area contributed by atoms with E-state index in [2.05, 4.69) is 47.6 Å². The predicted molar refractivity (Wildman–Crippen MR) is 131 cm³/mol. The Morgan fingerprint density at radius 3 is 2.44 bits per heavy atom. The second-order valence-corrected chi connectivity index (χ2v) is 9.17. The molecule has 1 amide bonds. The number of nitrogens with zero attached hydrogens (tertiary/aromatic N) is 3. The third-order valence-electron chi connectivity index (χ3n) is 5.27. The number of nitrogens with one attached hydrogen (secondary N) is 1. The monoisotopic (exact) mass is 452 g/mol. The van der Waals surface area contributed by atoms with Gasteiger partial charge in [0.15, 0.2) is 17.1 Å². The molecule has 0 saturated carbocycles. The van der Waals surface area contributed by atoms with Crippen molar-refractivity contribution in [2.24, 2.45) is 0 Å². The molecule has 0 aliphatic rings. The molecule has 1 N–H and O–H groups in total. The van der Waals surface area contributed by atoms with Crippen molar-refractivity contribution in [1.82, 2.24) is 14.8 Å². The minimum Gasteiger partial charge on any atom is -0.483 e. The summed E-state index contributed by atoms with van der Waals surface area (Å²) in [6.45, 7) is 13.1. The highest BCUT2D eigenvalue weighted by molar-refractivity contribution is 7.99. The van der Waals surface area contributed by atoms with Crippen molar-refractivity contribution >= 4 is 23.4 Å². The van der Waals surface area contributed by atoms with Crippen molar-refractivity contribution in [1.29, 1.82) is 0 Å². The number of rotatable bonds is 9. The van der Waals surface area contributed by atoms with Gasteiger partial charge in [-0.05, 0) is 62.9 Å². The average Bonchev–Trinajstić information content (AvgIpc) is 3.17. The van der Waals surface area contributed by atoms with Crippen LogP contribution in [0.4, 0.5) is 5.69 Å². The van der Waals surface area contributed by atoms with Crippen LogP contribution in [0, 0.1) is 13.8 Å². The van der Waals surface area contributed by atoms with Crippen molar-refractivity contribution in [2.75, 3.05) is 11.1 Å². The molecule has 3 aromatic rings. The van der Waals surface area contributed by atoms with E-state index in [0.29, 0.717) is 17.6 Å². The summed E-state index contributed by atoms with van der Waals surface area (Å²) in [5.41, 5.74) is 4.34. The fourth-order valence-electron chi connectivity index (χ4n) is 3.46. The number of carbonyl (C=O) groups excluding carboxylic acids is 1. The summed E-state index contributed by atoms with van der Waals surface area (Å²) in [6, 6.07) is 14.2. The zero-order valence-corrected chi connectivity index (χ0v) is 20.5. The number of carbonyl (C=O) groups is 1. The maximum Gasteiger partial charge on any atom is 0.234 e. The van der Waals surface area contributed by atoms with Crippen LogP contribution < -0.4 is 10.1 Å². The third kappa shape index (κ3) is 5.91. The van der Waals surface area contributed by atoms with Gasteiger partial charge < -0.3 is 14.6 Å². The summed E-state index contributed by atoms with van der Waals surface area (Å²) in [4.78, 5) is 12.5. The van der Waals surface area contributed by atoms with Gasteiger partial charge >= 0.3 is 0 Å². The van der Waals surface area contributed by atoms with E-state index in [1.807, 2.05) is 56.5 Å². The number of aromatic nitrogens is 3. The lowest BCUT2D eigenvalue weighted by Gasteiger charge is -2.16. The molecule has 6 nitrogen and oxygen atoms in total. The molecule has 1 unspecified atom stereocenters. The molecule has 32 heavy (non-hydrogen) atoms. The first-order valence-corrected chi connectivity index (χ1v) is 12.0. The molecular formula is C25H32N4O2S. The highest BCUT2D eigenvalue weighted by atomic mass is 32.2. The number of benzene rings is 2. The van der Waals surface area contributed by atoms with Crippen LogP contribution in [0.15, 0.2) is 47.6 Å². The van der Waals surface area contributed by atoms with Gasteiger partial charge in [-0.2, -0.15) is 0 Å². The summed E-state index contributed by atoms with van der Waals surface area (Å²) in [5, 5.41) is 12.4. The highest BCUT2D eigenvalue weighted by Crippen LogP contribution is 2.26. The van der Waals surface area contributed by atoms with Crippen LogP contribution in [0.1, 0.15) is 62.2 Å². The van der Waals surface area contributed by atoms with E-state index in [4.69, 9.17) is 4.74 Å². The van der Waals surface area contributed by atoms with Gasteiger partial charge in [0.05, 0.1) is 5.75 Å². The summed E-state index contributed by atoms with van der Waals surface area (Å²) < 4.78 is 8.11.